The highest BCUT2D eigenvalue weighted by Gasteiger charge is 2.08. The van der Waals surface area contributed by atoms with Gasteiger partial charge in [0, 0.05) is 18.8 Å². The minimum absolute atomic E-state index is 0.709. The normalized spacial score (nSPS) is 10.6. The highest BCUT2D eigenvalue weighted by Crippen LogP contribution is 2.23. The Bertz CT molecular complexity index is 534. The molecule has 0 fully saturated rings. The molecule has 0 aliphatic rings. The van der Waals surface area contributed by atoms with Crippen LogP contribution in [0.3, 0.4) is 0 Å². The van der Waals surface area contributed by atoms with Crippen LogP contribution in [0, 0.1) is 6.92 Å². The Balaban J connectivity index is 2.19. The molecule has 0 radical (unpaired) electrons. The standard InChI is InChI=1S/C18H24N2/c1-3-20(14-17-7-5-4-6-8-17)18-10-9-16(11-12-19)13-15(18)2/h4-10,13H,3,11-12,14,19H2,1-2H3. The van der Waals surface area contributed by atoms with Crippen molar-refractivity contribution in [2.24, 2.45) is 5.73 Å². The Morgan fingerprint density at radius 1 is 1.00 bits per heavy atom. The molecule has 20 heavy (non-hydrogen) atoms. The molecular weight excluding hydrogens is 244 g/mol. The van der Waals surface area contributed by atoms with E-state index in [0.29, 0.717) is 6.54 Å². The topological polar surface area (TPSA) is 29.3 Å². The molecule has 0 spiro atoms. The smallest absolute Gasteiger partial charge is 0.0429 e. The molecule has 0 amide bonds. The van der Waals surface area contributed by atoms with Crippen LogP contribution in [0.5, 0.6) is 0 Å². The monoisotopic (exact) mass is 268 g/mol. The third kappa shape index (κ3) is 3.61. The second kappa shape index (κ2) is 7.11. The molecule has 2 aromatic rings. The van der Waals surface area contributed by atoms with E-state index in [1.165, 1.54) is 22.4 Å². The molecule has 2 aromatic carbocycles. The number of benzene rings is 2. The van der Waals surface area contributed by atoms with Crippen LogP contribution in [0.25, 0.3) is 0 Å². The molecule has 2 N–H and O–H groups in total. The molecule has 0 saturated carbocycles. The van der Waals surface area contributed by atoms with Crippen LogP contribution in [-0.2, 0) is 13.0 Å². The lowest BCUT2D eigenvalue weighted by atomic mass is 10.1. The van der Waals surface area contributed by atoms with Gasteiger partial charge in [-0.3, -0.25) is 0 Å². The van der Waals surface area contributed by atoms with Crippen molar-refractivity contribution in [2.75, 3.05) is 18.0 Å². The first-order valence-electron chi connectivity index (χ1n) is 7.33. The molecule has 0 saturated heterocycles. The van der Waals surface area contributed by atoms with Crippen molar-refractivity contribution in [3.8, 4) is 0 Å². The molecule has 0 bridgehead atoms. The molecular formula is C18H24N2. The number of rotatable bonds is 6. The molecule has 0 aromatic heterocycles. The van der Waals surface area contributed by atoms with E-state index in [-0.39, 0.29) is 0 Å². The molecule has 2 rings (SSSR count). The zero-order valence-electron chi connectivity index (χ0n) is 12.5. The van der Waals surface area contributed by atoms with Gasteiger partial charge >= 0.3 is 0 Å². The summed E-state index contributed by atoms with van der Waals surface area (Å²) >= 11 is 0. The minimum Gasteiger partial charge on any atom is -0.367 e. The molecule has 106 valence electrons. The van der Waals surface area contributed by atoms with Crippen LogP contribution in [0.1, 0.15) is 23.6 Å². The van der Waals surface area contributed by atoms with E-state index in [4.69, 9.17) is 5.73 Å². The van der Waals surface area contributed by atoms with Crippen molar-refractivity contribution in [3.63, 3.8) is 0 Å². The van der Waals surface area contributed by atoms with E-state index in [1.807, 2.05) is 0 Å². The number of nitrogens with zero attached hydrogens (tertiary/aromatic N) is 1. The Kier molecular flexibility index (Phi) is 5.19. The Labute approximate surface area is 122 Å². The van der Waals surface area contributed by atoms with Gasteiger partial charge in [-0.1, -0.05) is 42.5 Å². The fraction of sp³-hybridized carbons (Fsp3) is 0.333. The lowest BCUT2D eigenvalue weighted by Crippen LogP contribution is -2.22. The molecule has 0 unspecified atom stereocenters. The van der Waals surface area contributed by atoms with Gasteiger partial charge in [0.25, 0.3) is 0 Å². The first-order valence-corrected chi connectivity index (χ1v) is 7.33. The van der Waals surface area contributed by atoms with Gasteiger partial charge in [-0.2, -0.15) is 0 Å². The van der Waals surface area contributed by atoms with E-state index in [0.717, 1.165) is 19.5 Å². The lowest BCUT2D eigenvalue weighted by Gasteiger charge is -2.25. The van der Waals surface area contributed by atoms with Gasteiger partial charge in [0.15, 0.2) is 0 Å². The maximum absolute atomic E-state index is 5.63. The average molecular weight is 268 g/mol. The van der Waals surface area contributed by atoms with E-state index >= 15 is 0 Å². The Morgan fingerprint density at radius 2 is 1.75 bits per heavy atom. The minimum atomic E-state index is 0.709. The highest BCUT2D eigenvalue weighted by atomic mass is 15.1. The van der Waals surface area contributed by atoms with Gasteiger partial charge in [-0.15, -0.1) is 0 Å². The van der Waals surface area contributed by atoms with Crippen LogP contribution < -0.4 is 10.6 Å². The van der Waals surface area contributed by atoms with E-state index < -0.39 is 0 Å². The van der Waals surface area contributed by atoms with Crippen LogP contribution >= 0.6 is 0 Å². The summed E-state index contributed by atoms with van der Waals surface area (Å²) in [7, 11) is 0. The van der Waals surface area contributed by atoms with Crippen LogP contribution in [0.15, 0.2) is 48.5 Å². The second-order valence-corrected chi connectivity index (χ2v) is 5.16. The summed E-state index contributed by atoms with van der Waals surface area (Å²) in [5, 5.41) is 0. The number of aryl methyl sites for hydroxylation is 1. The largest absolute Gasteiger partial charge is 0.367 e. The number of hydrogen-bond donors (Lipinski definition) is 1. The molecule has 2 heteroatoms. The molecule has 0 heterocycles. The zero-order chi connectivity index (χ0) is 14.4. The quantitative estimate of drug-likeness (QED) is 0.868. The second-order valence-electron chi connectivity index (χ2n) is 5.16. The van der Waals surface area contributed by atoms with Gasteiger partial charge in [0.05, 0.1) is 0 Å². The van der Waals surface area contributed by atoms with Crippen LogP contribution in [0.4, 0.5) is 5.69 Å². The predicted octanol–water partition coefficient (Wildman–Crippen LogP) is 3.52. The molecule has 0 atom stereocenters. The fourth-order valence-electron chi connectivity index (χ4n) is 2.57. The van der Waals surface area contributed by atoms with Gasteiger partial charge in [-0.05, 0) is 49.6 Å². The SMILES string of the molecule is CCN(Cc1ccccc1)c1ccc(CCN)cc1C. The number of hydrogen-bond acceptors (Lipinski definition) is 2. The Morgan fingerprint density at radius 3 is 2.35 bits per heavy atom. The van der Waals surface area contributed by atoms with Gasteiger partial charge < -0.3 is 10.6 Å². The van der Waals surface area contributed by atoms with Crippen molar-refractivity contribution < 1.29 is 0 Å². The van der Waals surface area contributed by atoms with Gasteiger partial charge in [0.2, 0.25) is 0 Å². The van der Waals surface area contributed by atoms with Gasteiger partial charge in [0.1, 0.15) is 0 Å². The van der Waals surface area contributed by atoms with Crippen molar-refractivity contribution in [2.45, 2.75) is 26.8 Å². The summed E-state index contributed by atoms with van der Waals surface area (Å²) in [6, 6.07) is 17.3. The van der Waals surface area contributed by atoms with Crippen LogP contribution in [0.2, 0.25) is 0 Å². The van der Waals surface area contributed by atoms with E-state index in [9.17, 15) is 0 Å². The van der Waals surface area contributed by atoms with E-state index in [2.05, 4.69) is 67.3 Å². The summed E-state index contributed by atoms with van der Waals surface area (Å²) in [5.41, 5.74) is 10.9. The fourth-order valence-corrected chi connectivity index (χ4v) is 2.57. The lowest BCUT2D eigenvalue weighted by molar-refractivity contribution is 0.826. The molecule has 0 aliphatic heterocycles. The Hall–Kier alpha value is -1.80. The summed E-state index contributed by atoms with van der Waals surface area (Å²) in [5.74, 6) is 0. The van der Waals surface area contributed by atoms with Crippen molar-refractivity contribution in [3.05, 3.63) is 65.2 Å². The number of nitrogens with two attached hydrogens (primary N) is 1. The highest BCUT2D eigenvalue weighted by molar-refractivity contribution is 5.54. The first-order chi connectivity index (χ1) is 9.74. The maximum Gasteiger partial charge on any atom is 0.0429 e. The predicted molar refractivity (Wildman–Crippen MR) is 87.1 cm³/mol. The van der Waals surface area contributed by atoms with Gasteiger partial charge in [-0.25, -0.2) is 0 Å². The summed E-state index contributed by atoms with van der Waals surface area (Å²) in [4.78, 5) is 2.41. The number of anilines is 1. The summed E-state index contributed by atoms with van der Waals surface area (Å²) in [6.45, 7) is 7.06. The van der Waals surface area contributed by atoms with Crippen molar-refractivity contribution in [1.82, 2.24) is 0 Å². The first kappa shape index (κ1) is 14.6. The summed E-state index contributed by atoms with van der Waals surface area (Å²) in [6.07, 6.45) is 0.950. The zero-order valence-corrected chi connectivity index (χ0v) is 12.5. The van der Waals surface area contributed by atoms with Crippen LogP contribution in [-0.4, -0.2) is 13.1 Å². The average Bonchev–Trinajstić information content (AvgIpc) is 2.47. The third-order valence-electron chi connectivity index (χ3n) is 3.63. The van der Waals surface area contributed by atoms with E-state index in [1.54, 1.807) is 0 Å². The molecule has 2 nitrogen and oxygen atoms in total. The van der Waals surface area contributed by atoms with Crippen molar-refractivity contribution >= 4 is 5.69 Å². The molecule has 0 aliphatic carbocycles. The maximum atomic E-state index is 5.63. The third-order valence-corrected chi connectivity index (χ3v) is 3.63. The summed E-state index contributed by atoms with van der Waals surface area (Å²) < 4.78 is 0. The van der Waals surface area contributed by atoms with Crippen molar-refractivity contribution in [1.29, 1.82) is 0 Å².